The second-order valence-electron chi connectivity index (χ2n) is 6.19. The second kappa shape index (κ2) is 9.84. The number of nitrogens with one attached hydrogen (secondary N) is 2. The quantitative estimate of drug-likeness (QED) is 0.638. The van der Waals surface area contributed by atoms with Crippen LogP contribution >= 0.6 is 0 Å². The maximum Gasteiger partial charge on any atom is 0.490 e. The molecule has 30 heavy (non-hydrogen) atoms. The summed E-state index contributed by atoms with van der Waals surface area (Å²) in [4.78, 5) is 25.0. The van der Waals surface area contributed by atoms with Crippen LogP contribution in [0.1, 0.15) is 22.7 Å². The Balaban J connectivity index is 0.000000396. The van der Waals surface area contributed by atoms with Gasteiger partial charge in [-0.15, -0.1) is 0 Å². The molecule has 0 bridgehead atoms. The molecule has 1 amide bonds. The number of carbonyl (C=O) groups is 2. The number of alkyl halides is 4. The third-order valence-corrected chi connectivity index (χ3v) is 3.96. The maximum atomic E-state index is 12.6. The van der Waals surface area contributed by atoms with E-state index in [9.17, 15) is 22.4 Å². The molecule has 2 heterocycles. The first kappa shape index (κ1) is 22.8. The predicted octanol–water partition coefficient (Wildman–Crippen LogP) is 2.28. The van der Waals surface area contributed by atoms with Gasteiger partial charge in [-0.3, -0.25) is 4.79 Å². The third-order valence-electron chi connectivity index (χ3n) is 3.96. The molecule has 1 aliphatic rings. The zero-order chi connectivity index (χ0) is 22.3. The number of carboxylic acid groups (broad SMARTS) is 1. The van der Waals surface area contributed by atoms with E-state index in [1.54, 1.807) is 24.3 Å². The number of rotatable bonds is 4. The van der Waals surface area contributed by atoms with Crippen LogP contribution in [0.25, 0.3) is 11.3 Å². The number of halogens is 4. The summed E-state index contributed by atoms with van der Waals surface area (Å²) in [6.45, 7) is 0.0723. The van der Waals surface area contributed by atoms with Crippen molar-refractivity contribution in [2.24, 2.45) is 0 Å². The molecule has 0 radical (unpaired) electrons. The van der Waals surface area contributed by atoms with Gasteiger partial charge in [-0.25, -0.2) is 14.2 Å². The number of oxazole rings is 1. The zero-order valence-electron chi connectivity index (χ0n) is 15.2. The van der Waals surface area contributed by atoms with Crippen LogP contribution in [-0.4, -0.2) is 53.4 Å². The molecule has 2 aromatic rings. The van der Waals surface area contributed by atoms with E-state index in [1.807, 2.05) is 6.07 Å². The first-order chi connectivity index (χ1) is 14.1. The number of carbonyl (C=O) groups excluding carboxylic acids is 1. The Kier molecular flexibility index (Phi) is 7.48. The molecule has 1 saturated heterocycles. The number of benzene rings is 1. The normalized spacial score (nSPS) is 18.1. The fourth-order valence-electron chi connectivity index (χ4n) is 2.55. The van der Waals surface area contributed by atoms with Crippen LogP contribution in [0.15, 0.2) is 34.9 Å². The Morgan fingerprint density at radius 1 is 1.40 bits per heavy atom. The monoisotopic (exact) mass is 428 g/mol. The molecule has 0 spiro atoms. The summed E-state index contributed by atoms with van der Waals surface area (Å²) in [5.74, 6) is -2.82. The highest BCUT2D eigenvalue weighted by atomic mass is 19.4. The molecule has 160 valence electrons. The van der Waals surface area contributed by atoms with Crippen molar-refractivity contribution in [2.45, 2.75) is 24.7 Å². The van der Waals surface area contributed by atoms with Gasteiger partial charge < -0.3 is 20.2 Å². The molecule has 0 unspecified atom stereocenters. The predicted molar refractivity (Wildman–Crippen MR) is 94.0 cm³/mol. The van der Waals surface area contributed by atoms with Crippen molar-refractivity contribution in [3.8, 4) is 17.4 Å². The van der Waals surface area contributed by atoms with Crippen molar-refractivity contribution in [1.29, 1.82) is 5.26 Å². The average molecular weight is 428 g/mol. The standard InChI is InChI=1S/C16H15FN4O2.C2HF3O2/c17-6-12-5-13(8-19-12)21-15(22)16-20-9-14(23-16)11-3-1-2-10(4-11)7-18;3-2(4,5)1(6)7/h1-4,9,12-13,19H,5-6,8H2,(H,21,22);(H,6,7)/t12-,13+;/m0./s1. The highest BCUT2D eigenvalue weighted by Gasteiger charge is 2.38. The summed E-state index contributed by atoms with van der Waals surface area (Å²) >= 11 is 0. The van der Waals surface area contributed by atoms with Crippen LogP contribution < -0.4 is 10.6 Å². The molecule has 0 aliphatic carbocycles. The molecule has 1 aromatic heterocycles. The van der Waals surface area contributed by atoms with Crippen molar-refractivity contribution in [3.05, 3.63) is 41.9 Å². The van der Waals surface area contributed by atoms with Crippen molar-refractivity contribution < 1.29 is 36.7 Å². The van der Waals surface area contributed by atoms with Gasteiger partial charge in [0.2, 0.25) is 0 Å². The molecule has 1 aromatic carbocycles. The Labute approximate surface area is 167 Å². The molecular formula is C18H16F4N4O4. The van der Waals surface area contributed by atoms with Gasteiger partial charge >= 0.3 is 18.1 Å². The summed E-state index contributed by atoms with van der Waals surface area (Å²) in [7, 11) is 0. The lowest BCUT2D eigenvalue weighted by atomic mass is 10.1. The first-order valence-electron chi connectivity index (χ1n) is 8.50. The Morgan fingerprint density at radius 2 is 2.10 bits per heavy atom. The van der Waals surface area contributed by atoms with E-state index in [0.29, 0.717) is 29.9 Å². The van der Waals surface area contributed by atoms with E-state index < -0.39 is 24.7 Å². The highest BCUT2D eigenvalue weighted by molar-refractivity contribution is 5.90. The number of amides is 1. The summed E-state index contributed by atoms with van der Waals surface area (Å²) in [5, 5.41) is 21.8. The number of carboxylic acids is 1. The van der Waals surface area contributed by atoms with Gasteiger partial charge in [-0.05, 0) is 18.6 Å². The van der Waals surface area contributed by atoms with Crippen LogP contribution in [-0.2, 0) is 4.79 Å². The fourth-order valence-corrected chi connectivity index (χ4v) is 2.55. The van der Waals surface area contributed by atoms with Gasteiger partial charge in [0.25, 0.3) is 5.89 Å². The summed E-state index contributed by atoms with van der Waals surface area (Å²) in [6.07, 6.45) is -3.09. The van der Waals surface area contributed by atoms with Crippen LogP contribution in [0.3, 0.4) is 0 Å². The third kappa shape index (κ3) is 6.28. The molecule has 1 aliphatic heterocycles. The summed E-state index contributed by atoms with van der Waals surface area (Å²) in [5.41, 5.74) is 1.18. The van der Waals surface area contributed by atoms with Gasteiger partial charge in [0.1, 0.15) is 6.67 Å². The number of nitriles is 1. The number of aromatic nitrogens is 1. The first-order valence-corrected chi connectivity index (χ1v) is 8.50. The molecule has 8 nitrogen and oxygen atoms in total. The lowest BCUT2D eigenvalue weighted by Crippen LogP contribution is -2.36. The van der Waals surface area contributed by atoms with Gasteiger partial charge in [-0.1, -0.05) is 12.1 Å². The van der Waals surface area contributed by atoms with Crippen LogP contribution in [0, 0.1) is 11.3 Å². The summed E-state index contributed by atoms with van der Waals surface area (Å²) in [6, 6.07) is 8.54. The smallest absolute Gasteiger partial charge is 0.475 e. The minimum absolute atomic E-state index is 0.0499. The number of nitrogens with zero attached hydrogens (tertiary/aromatic N) is 2. The van der Waals surface area contributed by atoms with Crippen molar-refractivity contribution in [3.63, 3.8) is 0 Å². The second-order valence-corrected chi connectivity index (χ2v) is 6.19. The molecule has 3 rings (SSSR count). The number of aliphatic carboxylic acids is 1. The van der Waals surface area contributed by atoms with E-state index >= 15 is 0 Å². The SMILES string of the molecule is N#Cc1cccc(-c2cnc(C(=O)N[C@H]3CN[C@H](CF)C3)o2)c1.O=C(O)C(F)(F)F. The molecule has 1 fully saturated rings. The lowest BCUT2D eigenvalue weighted by molar-refractivity contribution is -0.192. The van der Waals surface area contributed by atoms with Crippen LogP contribution in [0.4, 0.5) is 17.6 Å². The highest BCUT2D eigenvalue weighted by Crippen LogP contribution is 2.21. The minimum atomic E-state index is -5.08. The van der Waals surface area contributed by atoms with Crippen LogP contribution in [0.5, 0.6) is 0 Å². The van der Waals surface area contributed by atoms with E-state index in [-0.39, 0.29) is 18.0 Å². The Morgan fingerprint density at radius 3 is 2.67 bits per heavy atom. The maximum absolute atomic E-state index is 12.6. The average Bonchev–Trinajstić information content (AvgIpc) is 3.37. The molecule has 0 saturated carbocycles. The van der Waals surface area contributed by atoms with Gasteiger partial charge in [-0.2, -0.15) is 18.4 Å². The summed E-state index contributed by atoms with van der Waals surface area (Å²) < 4.78 is 49.8. The van der Waals surface area contributed by atoms with E-state index in [0.717, 1.165) is 0 Å². The zero-order valence-corrected chi connectivity index (χ0v) is 15.2. The van der Waals surface area contributed by atoms with Gasteiger partial charge in [0.05, 0.1) is 17.8 Å². The molecule has 2 atom stereocenters. The molecule has 3 N–H and O–H groups in total. The fraction of sp³-hybridized carbons (Fsp3) is 0.333. The largest absolute Gasteiger partial charge is 0.490 e. The van der Waals surface area contributed by atoms with Crippen LogP contribution in [0.2, 0.25) is 0 Å². The van der Waals surface area contributed by atoms with Gasteiger partial charge in [0, 0.05) is 24.2 Å². The molecular weight excluding hydrogens is 412 g/mol. The van der Waals surface area contributed by atoms with Crippen molar-refractivity contribution in [2.75, 3.05) is 13.2 Å². The lowest BCUT2D eigenvalue weighted by Gasteiger charge is -2.09. The van der Waals surface area contributed by atoms with Gasteiger partial charge in [0.15, 0.2) is 5.76 Å². The number of hydrogen-bond acceptors (Lipinski definition) is 6. The Bertz CT molecular complexity index is 939. The van der Waals surface area contributed by atoms with E-state index in [2.05, 4.69) is 15.6 Å². The van der Waals surface area contributed by atoms with E-state index in [1.165, 1.54) is 6.20 Å². The topological polar surface area (TPSA) is 128 Å². The van der Waals surface area contributed by atoms with Crippen molar-refractivity contribution >= 4 is 11.9 Å². The Hall–Kier alpha value is -3.46. The van der Waals surface area contributed by atoms with Crippen molar-refractivity contribution in [1.82, 2.24) is 15.6 Å². The minimum Gasteiger partial charge on any atom is -0.475 e. The van der Waals surface area contributed by atoms with E-state index in [4.69, 9.17) is 19.6 Å². The molecule has 12 heteroatoms. The number of hydrogen-bond donors (Lipinski definition) is 3.